The first-order valence-electron chi connectivity index (χ1n) is 7.56. The van der Waals surface area contributed by atoms with Gasteiger partial charge in [-0.2, -0.15) is 4.98 Å². The summed E-state index contributed by atoms with van der Waals surface area (Å²) in [7, 11) is 0. The van der Waals surface area contributed by atoms with Crippen molar-refractivity contribution in [3.63, 3.8) is 0 Å². The first kappa shape index (κ1) is 14.9. The van der Waals surface area contributed by atoms with Crippen molar-refractivity contribution in [1.82, 2.24) is 19.5 Å². The third kappa shape index (κ3) is 2.80. The van der Waals surface area contributed by atoms with Gasteiger partial charge in [-0.1, -0.05) is 18.2 Å². The zero-order valence-corrected chi connectivity index (χ0v) is 13.0. The summed E-state index contributed by atoms with van der Waals surface area (Å²) in [4.78, 5) is 35.9. The van der Waals surface area contributed by atoms with Crippen LogP contribution in [0.1, 0.15) is 5.76 Å². The van der Waals surface area contributed by atoms with E-state index in [0.29, 0.717) is 12.2 Å². The SMILES string of the molecule is O=c1[nH]c2nc(NCc3ccco3)ncc2c(=O)n1-c1ccccc1. The van der Waals surface area contributed by atoms with Crippen LogP contribution >= 0.6 is 0 Å². The summed E-state index contributed by atoms with van der Waals surface area (Å²) >= 11 is 0. The second-order valence-corrected chi connectivity index (χ2v) is 5.30. The summed E-state index contributed by atoms with van der Waals surface area (Å²) in [5.74, 6) is 1.01. The molecule has 1 aromatic carbocycles. The number of nitrogens with zero attached hydrogens (tertiary/aromatic N) is 3. The monoisotopic (exact) mass is 335 g/mol. The molecule has 0 bridgehead atoms. The Hall–Kier alpha value is -3.68. The molecule has 0 spiro atoms. The average Bonchev–Trinajstić information content (AvgIpc) is 3.14. The van der Waals surface area contributed by atoms with Crippen molar-refractivity contribution in [2.24, 2.45) is 0 Å². The number of aromatic amines is 1. The number of nitrogens with one attached hydrogen (secondary N) is 2. The molecule has 2 N–H and O–H groups in total. The molecule has 124 valence electrons. The molecule has 0 amide bonds. The number of benzene rings is 1. The van der Waals surface area contributed by atoms with Crippen molar-refractivity contribution < 1.29 is 4.42 Å². The molecule has 0 saturated heterocycles. The molecule has 0 aliphatic rings. The van der Waals surface area contributed by atoms with Crippen molar-refractivity contribution in [2.75, 3.05) is 5.32 Å². The summed E-state index contributed by atoms with van der Waals surface area (Å²) in [6.45, 7) is 0.393. The van der Waals surface area contributed by atoms with E-state index in [1.54, 1.807) is 36.6 Å². The lowest BCUT2D eigenvalue weighted by Crippen LogP contribution is -2.34. The van der Waals surface area contributed by atoms with Crippen LogP contribution in [-0.2, 0) is 6.54 Å². The van der Waals surface area contributed by atoms with E-state index in [4.69, 9.17) is 4.42 Å². The maximum Gasteiger partial charge on any atom is 0.334 e. The largest absolute Gasteiger partial charge is 0.467 e. The highest BCUT2D eigenvalue weighted by atomic mass is 16.3. The number of furan rings is 1. The van der Waals surface area contributed by atoms with Gasteiger partial charge in [0.1, 0.15) is 11.1 Å². The van der Waals surface area contributed by atoms with E-state index >= 15 is 0 Å². The zero-order valence-electron chi connectivity index (χ0n) is 13.0. The predicted octanol–water partition coefficient (Wildman–Crippen LogP) is 1.67. The van der Waals surface area contributed by atoms with E-state index in [2.05, 4.69) is 20.3 Å². The lowest BCUT2D eigenvalue weighted by Gasteiger charge is -2.07. The second kappa shape index (κ2) is 6.08. The standard InChI is InChI=1S/C17H13N5O3/c23-15-13-10-19-16(18-9-12-7-4-8-25-12)20-14(13)21-17(24)22(15)11-5-2-1-3-6-11/h1-8,10H,9H2,(H2,18,19,20,21,24). The molecule has 8 nitrogen and oxygen atoms in total. The first-order valence-corrected chi connectivity index (χ1v) is 7.56. The van der Waals surface area contributed by atoms with Crippen LogP contribution in [0.15, 0.2) is 68.9 Å². The Balaban J connectivity index is 1.75. The van der Waals surface area contributed by atoms with Crippen LogP contribution in [0.3, 0.4) is 0 Å². The Morgan fingerprint density at radius 1 is 1.12 bits per heavy atom. The lowest BCUT2D eigenvalue weighted by molar-refractivity contribution is 0.517. The van der Waals surface area contributed by atoms with Gasteiger partial charge in [0.2, 0.25) is 5.95 Å². The fourth-order valence-electron chi connectivity index (χ4n) is 2.48. The molecule has 3 aromatic heterocycles. The van der Waals surface area contributed by atoms with Gasteiger partial charge in [0.15, 0.2) is 5.65 Å². The molecule has 0 unspecified atom stereocenters. The Morgan fingerprint density at radius 3 is 2.72 bits per heavy atom. The Morgan fingerprint density at radius 2 is 1.96 bits per heavy atom. The summed E-state index contributed by atoms with van der Waals surface area (Å²) < 4.78 is 6.27. The number of fused-ring (bicyclic) bond motifs is 1. The van der Waals surface area contributed by atoms with Gasteiger partial charge in [0, 0.05) is 6.20 Å². The van der Waals surface area contributed by atoms with E-state index in [1.807, 2.05) is 12.1 Å². The molecule has 0 saturated carbocycles. The van der Waals surface area contributed by atoms with Gasteiger partial charge in [-0.05, 0) is 24.3 Å². The molecular weight excluding hydrogens is 322 g/mol. The van der Waals surface area contributed by atoms with Crippen LogP contribution in [0.25, 0.3) is 16.7 Å². The smallest absolute Gasteiger partial charge is 0.334 e. The van der Waals surface area contributed by atoms with Crippen molar-refractivity contribution in [1.29, 1.82) is 0 Å². The predicted molar refractivity (Wildman–Crippen MR) is 91.8 cm³/mol. The van der Waals surface area contributed by atoms with E-state index in [-0.39, 0.29) is 17.0 Å². The minimum absolute atomic E-state index is 0.180. The van der Waals surface area contributed by atoms with Crippen LogP contribution in [-0.4, -0.2) is 19.5 Å². The molecule has 0 aliphatic carbocycles. The molecule has 0 radical (unpaired) electrons. The minimum Gasteiger partial charge on any atom is -0.467 e. The second-order valence-electron chi connectivity index (χ2n) is 5.30. The quantitative estimate of drug-likeness (QED) is 0.588. The molecule has 8 heteroatoms. The van der Waals surface area contributed by atoms with Gasteiger partial charge in [-0.3, -0.25) is 9.78 Å². The Bertz CT molecular complexity index is 1130. The Kier molecular flexibility index (Phi) is 3.62. The van der Waals surface area contributed by atoms with Gasteiger partial charge in [0.05, 0.1) is 18.5 Å². The number of hydrogen-bond acceptors (Lipinski definition) is 6. The normalized spacial score (nSPS) is 10.9. The third-order valence-electron chi connectivity index (χ3n) is 3.67. The maximum atomic E-state index is 12.6. The van der Waals surface area contributed by atoms with Crippen LogP contribution in [0.5, 0.6) is 0 Å². The molecule has 3 heterocycles. The number of anilines is 1. The fourth-order valence-corrected chi connectivity index (χ4v) is 2.48. The van der Waals surface area contributed by atoms with Gasteiger partial charge in [0.25, 0.3) is 5.56 Å². The topological polar surface area (TPSA) is 106 Å². The van der Waals surface area contributed by atoms with Crippen LogP contribution < -0.4 is 16.6 Å². The van der Waals surface area contributed by atoms with Crippen molar-refractivity contribution >= 4 is 17.0 Å². The average molecular weight is 335 g/mol. The van der Waals surface area contributed by atoms with Gasteiger partial charge < -0.3 is 9.73 Å². The maximum absolute atomic E-state index is 12.6. The first-order chi connectivity index (χ1) is 12.2. The number of para-hydroxylation sites is 1. The van der Waals surface area contributed by atoms with Crippen molar-refractivity contribution in [3.8, 4) is 5.69 Å². The summed E-state index contributed by atoms with van der Waals surface area (Å²) in [6.07, 6.45) is 2.96. The molecular formula is C17H13N5O3. The lowest BCUT2D eigenvalue weighted by atomic mass is 10.3. The van der Waals surface area contributed by atoms with Gasteiger partial charge in [-0.15, -0.1) is 0 Å². The molecule has 0 atom stereocenters. The molecule has 4 rings (SSSR count). The number of H-pyrrole nitrogens is 1. The summed E-state index contributed by atoms with van der Waals surface area (Å²) in [5, 5.41) is 3.21. The van der Waals surface area contributed by atoms with E-state index in [9.17, 15) is 9.59 Å². The van der Waals surface area contributed by atoms with Crippen LogP contribution in [0.4, 0.5) is 5.95 Å². The van der Waals surface area contributed by atoms with Gasteiger partial charge in [-0.25, -0.2) is 14.3 Å². The highest BCUT2D eigenvalue weighted by molar-refractivity contribution is 5.73. The Labute approximate surface area is 140 Å². The molecule has 4 aromatic rings. The van der Waals surface area contributed by atoms with E-state index in [1.165, 1.54) is 6.20 Å². The zero-order chi connectivity index (χ0) is 17.2. The highest BCUT2D eigenvalue weighted by Crippen LogP contribution is 2.09. The van der Waals surface area contributed by atoms with Crippen molar-refractivity contribution in [3.05, 3.63) is 81.5 Å². The number of aromatic nitrogens is 4. The third-order valence-corrected chi connectivity index (χ3v) is 3.67. The van der Waals surface area contributed by atoms with Crippen LogP contribution in [0.2, 0.25) is 0 Å². The minimum atomic E-state index is -0.556. The highest BCUT2D eigenvalue weighted by Gasteiger charge is 2.11. The van der Waals surface area contributed by atoms with E-state index in [0.717, 1.165) is 10.3 Å². The van der Waals surface area contributed by atoms with Gasteiger partial charge >= 0.3 is 5.69 Å². The molecule has 0 fully saturated rings. The van der Waals surface area contributed by atoms with E-state index < -0.39 is 11.2 Å². The molecule has 25 heavy (non-hydrogen) atoms. The number of rotatable bonds is 4. The summed E-state index contributed by atoms with van der Waals surface area (Å²) in [6, 6.07) is 12.3. The van der Waals surface area contributed by atoms with Crippen LogP contribution in [0, 0.1) is 0 Å². The molecule has 0 aliphatic heterocycles. The number of hydrogen-bond donors (Lipinski definition) is 2. The fraction of sp³-hybridized carbons (Fsp3) is 0.0588. The van der Waals surface area contributed by atoms with Crippen molar-refractivity contribution in [2.45, 2.75) is 6.54 Å². The summed E-state index contributed by atoms with van der Waals surface area (Å²) in [5.41, 5.74) is -0.364.